The summed E-state index contributed by atoms with van der Waals surface area (Å²) in [5, 5.41) is 11.7. The normalized spacial score (nSPS) is 16.4. The van der Waals surface area contributed by atoms with Crippen LogP contribution in [0.1, 0.15) is 34.1 Å². The molecule has 11 heteroatoms. The zero-order valence-corrected chi connectivity index (χ0v) is 19.6. The summed E-state index contributed by atoms with van der Waals surface area (Å²) in [4.78, 5) is 26.2. The lowest BCUT2D eigenvalue weighted by atomic mass is 9.88. The second-order valence-electron chi connectivity index (χ2n) is 7.83. The number of fused-ring (bicyclic) bond motifs is 2. The van der Waals surface area contributed by atoms with Crippen molar-refractivity contribution in [3.05, 3.63) is 34.2 Å². The Labute approximate surface area is 197 Å². The van der Waals surface area contributed by atoms with Crippen molar-refractivity contribution in [1.29, 1.82) is 0 Å². The van der Waals surface area contributed by atoms with Crippen molar-refractivity contribution in [1.82, 2.24) is 10.2 Å². The maximum Gasteiger partial charge on any atom is 0.341 e. The van der Waals surface area contributed by atoms with Crippen molar-refractivity contribution >= 4 is 40.0 Å². The highest BCUT2D eigenvalue weighted by molar-refractivity contribution is 7.99. The SMILES string of the molecule is COC(=O)c1c(NC(=O)CSc2nnc(-c3ccc4c(c3)OCO4)o2)sc2c1CCC(C)C2. The molecular formula is C22H21N3O6S2. The molecular weight excluding hydrogens is 466 g/mol. The number of esters is 1. The molecule has 1 aliphatic heterocycles. The van der Waals surface area contributed by atoms with Gasteiger partial charge in [-0.25, -0.2) is 4.79 Å². The van der Waals surface area contributed by atoms with Crippen LogP contribution in [0.4, 0.5) is 5.00 Å². The van der Waals surface area contributed by atoms with Gasteiger partial charge in [-0.05, 0) is 48.9 Å². The van der Waals surface area contributed by atoms with Gasteiger partial charge in [0.25, 0.3) is 5.22 Å². The number of nitrogens with zero attached hydrogens (tertiary/aromatic N) is 2. The average Bonchev–Trinajstić information content (AvgIpc) is 3.54. The van der Waals surface area contributed by atoms with E-state index in [2.05, 4.69) is 22.4 Å². The number of carbonyl (C=O) groups excluding carboxylic acids is 2. The first-order valence-electron chi connectivity index (χ1n) is 10.4. The van der Waals surface area contributed by atoms with Crippen molar-refractivity contribution in [2.24, 2.45) is 5.92 Å². The van der Waals surface area contributed by atoms with Crippen LogP contribution in [0.5, 0.6) is 11.5 Å². The van der Waals surface area contributed by atoms with Crippen LogP contribution in [-0.4, -0.2) is 41.7 Å². The largest absolute Gasteiger partial charge is 0.465 e. The lowest BCUT2D eigenvalue weighted by Gasteiger charge is -2.18. The van der Waals surface area contributed by atoms with E-state index < -0.39 is 5.97 Å². The van der Waals surface area contributed by atoms with Gasteiger partial charge in [0.05, 0.1) is 18.4 Å². The van der Waals surface area contributed by atoms with Crippen molar-refractivity contribution in [2.75, 3.05) is 25.0 Å². The Balaban J connectivity index is 1.25. The van der Waals surface area contributed by atoms with Crippen LogP contribution in [0, 0.1) is 5.92 Å². The van der Waals surface area contributed by atoms with Crippen LogP contribution in [0.25, 0.3) is 11.5 Å². The second-order valence-corrected chi connectivity index (χ2v) is 9.86. The number of nitrogens with one attached hydrogen (secondary N) is 1. The minimum atomic E-state index is -0.421. The molecule has 0 saturated carbocycles. The zero-order chi connectivity index (χ0) is 22.9. The van der Waals surface area contributed by atoms with Crippen LogP contribution in [0.15, 0.2) is 27.8 Å². The standard InChI is InChI=1S/C22H21N3O6S2/c1-11-3-5-13-16(7-11)33-20(18(13)21(27)28-2)23-17(26)9-32-22-25-24-19(31-22)12-4-6-14-15(8-12)30-10-29-14/h4,6,8,11H,3,5,7,9-10H2,1-2H3,(H,23,26). The number of rotatable bonds is 6. The number of thioether (sulfide) groups is 1. The molecule has 172 valence electrons. The van der Waals surface area contributed by atoms with Gasteiger partial charge in [-0.15, -0.1) is 21.5 Å². The fourth-order valence-electron chi connectivity index (χ4n) is 3.86. The predicted molar refractivity (Wildman–Crippen MR) is 122 cm³/mol. The van der Waals surface area contributed by atoms with Gasteiger partial charge in [-0.3, -0.25) is 4.79 Å². The molecule has 1 amide bonds. The minimum Gasteiger partial charge on any atom is -0.465 e. The molecule has 0 fully saturated rings. The first-order valence-corrected chi connectivity index (χ1v) is 12.2. The summed E-state index contributed by atoms with van der Waals surface area (Å²) >= 11 is 2.58. The lowest BCUT2D eigenvalue weighted by Crippen LogP contribution is -2.17. The van der Waals surface area contributed by atoms with Gasteiger partial charge in [-0.2, -0.15) is 0 Å². The third kappa shape index (κ3) is 4.42. The molecule has 1 unspecified atom stereocenters. The van der Waals surface area contributed by atoms with Gasteiger partial charge in [0.15, 0.2) is 11.5 Å². The number of aromatic nitrogens is 2. The summed E-state index contributed by atoms with van der Waals surface area (Å²) in [6, 6.07) is 5.35. The Bertz CT molecular complexity index is 1220. The van der Waals surface area contributed by atoms with Crippen LogP contribution >= 0.6 is 23.1 Å². The van der Waals surface area contributed by atoms with E-state index in [1.165, 1.54) is 18.4 Å². The fourth-order valence-corrected chi connectivity index (χ4v) is 5.84. The molecule has 3 aromatic rings. The zero-order valence-electron chi connectivity index (χ0n) is 18.0. The summed E-state index contributed by atoms with van der Waals surface area (Å²) < 4.78 is 21.3. The second kappa shape index (κ2) is 9.06. The monoisotopic (exact) mass is 487 g/mol. The highest BCUT2D eigenvalue weighted by Crippen LogP contribution is 2.40. The number of benzene rings is 1. The summed E-state index contributed by atoms with van der Waals surface area (Å²) in [6.45, 7) is 2.38. The van der Waals surface area contributed by atoms with Gasteiger partial charge < -0.3 is 23.9 Å². The Morgan fingerprint density at radius 3 is 2.97 bits per heavy atom. The van der Waals surface area contributed by atoms with E-state index in [0.717, 1.165) is 41.5 Å². The quantitative estimate of drug-likeness (QED) is 0.404. The molecule has 2 aromatic heterocycles. The van der Waals surface area contributed by atoms with E-state index in [0.29, 0.717) is 39.4 Å². The van der Waals surface area contributed by atoms with E-state index in [1.54, 1.807) is 18.2 Å². The molecule has 2 aliphatic rings. The van der Waals surface area contributed by atoms with Crippen molar-refractivity contribution in [2.45, 2.75) is 31.4 Å². The lowest BCUT2D eigenvalue weighted by molar-refractivity contribution is -0.113. The molecule has 3 heterocycles. The number of anilines is 1. The van der Waals surface area contributed by atoms with E-state index >= 15 is 0 Å². The number of carbonyl (C=O) groups is 2. The molecule has 33 heavy (non-hydrogen) atoms. The Hall–Kier alpha value is -3.05. The summed E-state index contributed by atoms with van der Waals surface area (Å²) in [5.41, 5.74) is 2.17. The minimum absolute atomic E-state index is 0.0579. The highest BCUT2D eigenvalue weighted by Gasteiger charge is 2.29. The first kappa shape index (κ1) is 21.8. The smallest absolute Gasteiger partial charge is 0.341 e. The maximum atomic E-state index is 12.6. The molecule has 1 atom stereocenters. The molecule has 1 aromatic carbocycles. The van der Waals surface area contributed by atoms with E-state index in [-0.39, 0.29) is 23.7 Å². The third-order valence-electron chi connectivity index (χ3n) is 5.51. The number of amides is 1. The van der Waals surface area contributed by atoms with Crippen molar-refractivity contribution in [3.63, 3.8) is 0 Å². The van der Waals surface area contributed by atoms with E-state index in [9.17, 15) is 9.59 Å². The summed E-state index contributed by atoms with van der Waals surface area (Å²) in [6.07, 6.45) is 2.73. The van der Waals surface area contributed by atoms with Gasteiger partial charge in [0.1, 0.15) is 5.00 Å². The van der Waals surface area contributed by atoms with Crippen LogP contribution in [-0.2, 0) is 22.4 Å². The maximum absolute atomic E-state index is 12.6. The highest BCUT2D eigenvalue weighted by atomic mass is 32.2. The summed E-state index contributed by atoms with van der Waals surface area (Å²) in [5.74, 6) is 1.54. The molecule has 5 rings (SSSR count). The molecule has 1 N–H and O–H groups in total. The third-order valence-corrected chi connectivity index (χ3v) is 7.50. The number of ether oxygens (including phenoxy) is 3. The summed E-state index contributed by atoms with van der Waals surface area (Å²) in [7, 11) is 1.35. The molecule has 0 spiro atoms. The molecule has 9 nitrogen and oxygen atoms in total. The van der Waals surface area contributed by atoms with E-state index in [4.69, 9.17) is 18.6 Å². The van der Waals surface area contributed by atoms with Crippen LogP contribution in [0.2, 0.25) is 0 Å². The first-order chi connectivity index (χ1) is 16.0. The van der Waals surface area contributed by atoms with Crippen LogP contribution in [0.3, 0.4) is 0 Å². The van der Waals surface area contributed by atoms with Gasteiger partial charge in [-0.1, -0.05) is 18.7 Å². The van der Waals surface area contributed by atoms with Gasteiger partial charge >= 0.3 is 5.97 Å². The van der Waals surface area contributed by atoms with Crippen molar-refractivity contribution in [3.8, 4) is 23.0 Å². The van der Waals surface area contributed by atoms with Gasteiger partial charge in [0.2, 0.25) is 18.6 Å². The van der Waals surface area contributed by atoms with E-state index in [1.807, 2.05) is 0 Å². The predicted octanol–water partition coefficient (Wildman–Crippen LogP) is 4.17. The number of hydrogen-bond acceptors (Lipinski definition) is 10. The fraction of sp³-hybridized carbons (Fsp3) is 0.364. The Kier molecular flexibility index (Phi) is 5.98. The number of hydrogen-bond donors (Lipinski definition) is 1. The van der Waals surface area contributed by atoms with Crippen LogP contribution < -0.4 is 14.8 Å². The average molecular weight is 488 g/mol. The topological polar surface area (TPSA) is 113 Å². The van der Waals surface area contributed by atoms with Crippen molar-refractivity contribution < 1.29 is 28.2 Å². The Morgan fingerprint density at radius 1 is 1.27 bits per heavy atom. The number of methoxy groups -OCH3 is 1. The number of thiophene rings is 1. The molecule has 0 saturated heterocycles. The Morgan fingerprint density at radius 2 is 2.12 bits per heavy atom. The molecule has 0 radical (unpaired) electrons. The van der Waals surface area contributed by atoms with Gasteiger partial charge in [0, 0.05) is 10.4 Å². The molecule has 1 aliphatic carbocycles. The molecule has 0 bridgehead atoms.